The quantitative estimate of drug-likeness (QED) is 0.684. The molecule has 1 aromatic rings. The maximum absolute atomic E-state index is 12.0. The summed E-state index contributed by atoms with van der Waals surface area (Å²) in [5, 5.41) is 11.8. The fourth-order valence-electron chi connectivity index (χ4n) is 2.45. The van der Waals surface area contributed by atoms with Gasteiger partial charge in [-0.15, -0.1) is 0 Å². The number of amides is 1. The first-order valence-corrected chi connectivity index (χ1v) is 8.09. The Kier molecular flexibility index (Phi) is 8.43. The van der Waals surface area contributed by atoms with Crippen molar-refractivity contribution in [3.05, 3.63) is 29.3 Å². The molecule has 0 aliphatic rings. The lowest BCUT2D eigenvalue weighted by molar-refractivity contribution is -0.117. The van der Waals surface area contributed by atoms with Crippen LogP contribution in [0.15, 0.2) is 18.2 Å². The number of anilines is 1. The predicted molar refractivity (Wildman–Crippen MR) is 92.2 cm³/mol. The summed E-state index contributed by atoms with van der Waals surface area (Å²) in [7, 11) is 1.53. The summed E-state index contributed by atoms with van der Waals surface area (Å²) in [4.78, 5) is 23.2. The lowest BCUT2D eigenvalue weighted by Gasteiger charge is -2.15. The summed E-state index contributed by atoms with van der Waals surface area (Å²) in [6.45, 7) is 6.85. The number of carbonyl (C=O) groups is 2. The Bertz CT molecular complexity index is 556. The molecule has 0 saturated carbocycles. The van der Waals surface area contributed by atoms with Crippen molar-refractivity contribution in [2.45, 2.75) is 46.3 Å². The van der Waals surface area contributed by atoms with E-state index in [0.29, 0.717) is 23.8 Å². The van der Waals surface area contributed by atoms with Crippen molar-refractivity contribution in [3.63, 3.8) is 0 Å². The highest BCUT2D eigenvalue weighted by atomic mass is 16.5. The summed E-state index contributed by atoms with van der Waals surface area (Å²) < 4.78 is 10.6. The zero-order valence-electron chi connectivity index (χ0n) is 14.8. The number of nitrogens with one attached hydrogen (secondary N) is 1. The van der Waals surface area contributed by atoms with Crippen LogP contribution in [0.4, 0.5) is 5.69 Å². The maximum atomic E-state index is 12.0. The van der Waals surface area contributed by atoms with Crippen LogP contribution in [0.1, 0.15) is 49.5 Å². The number of hydrogen-bond donors (Lipinski definition) is 2. The van der Waals surface area contributed by atoms with Crippen molar-refractivity contribution < 1.29 is 24.2 Å². The first-order chi connectivity index (χ1) is 11.3. The van der Waals surface area contributed by atoms with Gasteiger partial charge in [-0.2, -0.15) is 0 Å². The minimum Gasteiger partial charge on any atom is -0.478 e. The van der Waals surface area contributed by atoms with Gasteiger partial charge in [0.15, 0.2) is 0 Å². The zero-order chi connectivity index (χ0) is 18.1. The Labute approximate surface area is 143 Å². The van der Waals surface area contributed by atoms with Gasteiger partial charge in [0.2, 0.25) is 5.91 Å². The molecule has 2 N–H and O–H groups in total. The third-order valence-corrected chi connectivity index (χ3v) is 3.37. The SMILES string of the molecule is COCc1cc(NC(=O)CCOC(C)CC(C)C)cc(C(=O)O)c1. The van der Waals surface area contributed by atoms with Crippen LogP contribution >= 0.6 is 0 Å². The second-order valence-corrected chi connectivity index (χ2v) is 6.27. The molecule has 6 heteroatoms. The first kappa shape index (κ1) is 20.1. The molecule has 134 valence electrons. The Morgan fingerprint density at radius 1 is 1.21 bits per heavy atom. The van der Waals surface area contributed by atoms with Gasteiger partial charge in [-0.25, -0.2) is 4.79 Å². The molecular formula is C18H27NO5. The second-order valence-electron chi connectivity index (χ2n) is 6.27. The van der Waals surface area contributed by atoms with Gasteiger partial charge in [-0.3, -0.25) is 4.79 Å². The smallest absolute Gasteiger partial charge is 0.335 e. The Hall–Kier alpha value is -1.92. The molecule has 0 fully saturated rings. The minimum atomic E-state index is -1.05. The van der Waals surface area contributed by atoms with Crippen LogP contribution in [-0.4, -0.2) is 36.8 Å². The van der Waals surface area contributed by atoms with E-state index in [2.05, 4.69) is 19.2 Å². The number of rotatable bonds is 10. The van der Waals surface area contributed by atoms with Crippen molar-refractivity contribution >= 4 is 17.6 Å². The molecule has 0 aliphatic heterocycles. The van der Waals surface area contributed by atoms with Gasteiger partial charge in [0.05, 0.1) is 31.3 Å². The lowest BCUT2D eigenvalue weighted by atomic mass is 10.1. The standard InChI is InChI=1S/C18H27NO5/c1-12(2)7-13(3)24-6-5-17(20)19-16-9-14(11-23-4)8-15(10-16)18(21)22/h8-10,12-13H,5-7,11H2,1-4H3,(H,19,20)(H,21,22). The van der Waals surface area contributed by atoms with Crippen molar-refractivity contribution in [1.29, 1.82) is 0 Å². The maximum Gasteiger partial charge on any atom is 0.335 e. The number of hydrogen-bond acceptors (Lipinski definition) is 4. The molecule has 0 heterocycles. The summed E-state index contributed by atoms with van der Waals surface area (Å²) >= 11 is 0. The average molecular weight is 337 g/mol. The molecule has 1 unspecified atom stereocenters. The van der Waals surface area contributed by atoms with Crippen LogP contribution in [0.25, 0.3) is 0 Å². The van der Waals surface area contributed by atoms with E-state index in [4.69, 9.17) is 14.6 Å². The van der Waals surface area contributed by atoms with Gasteiger partial charge in [0.1, 0.15) is 0 Å². The Balaban J connectivity index is 2.58. The second kappa shape index (κ2) is 10.1. The van der Waals surface area contributed by atoms with Gasteiger partial charge in [-0.1, -0.05) is 13.8 Å². The molecule has 0 saturated heterocycles. The van der Waals surface area contributed by atoms with Gasteiger partial charge in [-0.05, 0) is 43.0 Å². The van der Waals surface area contributed by atoms with E-state index in [0.717, 1.165) is 6.42 Å². The fourth-order valence-corrected chi connectivity index (χ4v) is 2.45. The van der Waals surface area contributed by atoms with Gasteiger partial charge < -0.3 is 19.9 Å². The molecule has 6 nitrogen and oxygen atoms in total. The van der Waals surface area contributed by atoms with E-state index >= 15 is 0 Å². The van der Waals surface area contributed by atoms with Crippen molar-refractivity contribution in [2.24, 2.45) is 5.92 Å². The van der Waals surface area contributed by atoms with Crippen LogP contribution < -0.4 is 5.32 Å². The van der Waals surface area contributed by atoms with Crippen LogP contribution in [0.3, 0.4) is 0 Å². The molecule has 0 bridgehead atoms. The molecule has 0 spiro atoms. The molecular weight excluding hydrogens is 310 g/mol. The minimum absolute atomic E-state index is 0.112. The molecule has 24 heavy (non-hydrogen) atoms. The van der Waals surface area contributed by atoms with Crippen molar-refractivity contribution in [1.82, 2.24) is 0 Å². The number of carboxylic acid groups (broad SMARTS) is 1. The Morgan fingerprint density at radius 2 is 1.92 bits per heavy atom. The molecule has 1 atom stereocenters. The summed E-state index contributed by atoms with van der Waals surface area (Å²) in [5.41, 5.74) is 1.25. The number of aromatic carboxylic acids is 1. The van der Waals surface area contributed by atoms with Crippen molar-refractivity contribution in [3.8, 4) is 0 Å². The monoisotopic (exact) mass is 337 g/mol. The summed E-state index contributed by atoms with van der Waals surface area (Å²) in [5.74, 6) is -0.710. The zero-order valence-corrected chi connectivity index (χ0v) is 14.8. The van der Waals surface area contributed by atoms with E-state index in [1.807, 2.05) is 6.92 Å². The third kappa shape index (κ3) is 7.57. The van der Waals surface area contributed by atoms with Crippen molar-refractivity contribution in [2.75, 3.05) is 19.0 Å². The molecule has 0 aromatic heterocycles. The van der Waals surface area contributed by atoms with Crippen LogP contribution in [-0.2, 0) is 20.9 Å². The first-order valence-electron chi connectivity index (χ1n) is 8.09. The van der Waals surface area contributed by atoms with Crippen LogP contribution in [0.2, 0.25) is 0 Å². The highest BCUT2D eigenvalue weighted by Crippen LogP contribution is 2.16. The molecule has 1 rings (SSSR count). The predicted octanol–water partition coefficient (Wildman–Crippen LogP) is 3.31. The number of benzene rings is 1. The normalized spacial score (nSPS) is 12.2. The average Bonchev–Trinajstić information content (AvgIpc) is 2.46. The molecule has 0 radical (unpaired) electrons. The fraction of sp³-hybridized carbons (Fsp3) is 0.556. The van der Waals surface area contributed by atoms with Crippen LogP contribution in [0.5, 0.6) is 0 Å². The summed E-state index contributed by atoms with van der Waals surface area (Å²) in [6, 6.07) is 4.66. The van der Waals surface area contributed by atoms with Gasteiger partial charge in [0, 0.05) is 12.8 Å². The number of carbonyl (C=O) groups excluding carboxylic acids is 1. The van der Waals surface area contributed by atoms with E-state index in [1.165, 1.54) is 19.2 Å². The number of ether oxygens (including phenoxy) is 2. The van der Waals surface area contributed by atoms with Gasteiger partial charge >= 0.3 is 5.97 Å². The van der Waals surface area contributed by atoms with Crippen LogP contribution in [0, 0.1) is 5.92 Å². The molecule has 0 aliphatic carbocycles. The topological polar surface area (TPSA) is 84.9 Å². The highest BCUT2D eigenvalue weighted by molar-refractivity contribution is 5.94. The van der Waals surface area contributed by atoms with E-state index in [9.17, 15) is 9.59 Å². The Morgan fingerprint density at radius 3 is 2.50 bits per heavy atom. The van der Waals surface area contributed by atoms with E-state index in [1.54, 1.807) is 6.07 Å². The third-order valence-electron chi connectivity index (χ3n) is 3.37. The summed E-state index contributed by atoms with van der Waals surface area (Å²) in [6.07, 6.45) is 1.28. The highest BCUT2D eigenvalue weighted by Gasteiger charge is 2.11. The van der Waals surface area contributed by atoms with E-state index < -0.39 is 5.97 Å². The molecule has 1 amide bonds. The molecule has 1 aromatic carbocycles. The lowest BCUT2D eigenvalue weighted by Crippen LogP contribution is -2.18. The largest absolute Gasteiger partial charge is 0.478 e. The van der Waals surface area contributed by atoms with Gasteiger partial charge in [0.25, 0.3) is 0 Å². The number of methoxy groups -OCH3 is 1. The van der Waals surface area contributed by atoms with E-state index in [-0.39, 0.29) is 30.6 Å². The number of carboxylic acids is 1.